The second-order valence-corrected chi connectivity index (χ2v) is 17.3. The Morgan fingerprint density at radius 3 is 1.11 bits per heavy atom. The van der Waals surface area contributed by atoms with Gasteiger partial charge in [0.1, 0.15) is 0 Å². The van der Waals surface area contributed by atoms with E-state index in [9.17, 15) is 0 Å². The van der Waals surface area contributed by atoms with E-state index in [0.717, 1.165) is 0 Å². The Labute approximate surface area is 279 Å². The summed E-state index contributed by atoms with van der Waals surface area (Å²) in [6.45, 7) is 27.6. The third kappa shape index (κ3) is 7.39. The van der Waals surface area contributed by atoms with E-state index in [1.807, 2.05) is 0 Å². The molecule has 0 saturated carbocycles. The zero-order valence-corrected chi connectivity index (χ0v) is 30.4. The Balaban J connectivity index is 1.44. The van der Waals surface area contributed by atoms with Crippen LogP contribution in [0, 0.1) is 0 Å². The molecule has 0 bridgehead atoms. The van der Waals surface area contributed by atoms with Gasteiger partial charge in [-0.3, -0.25) is 0 Å². The Morgan fingerprint density at radius 1 is 0.283 bits per heavy atom. The molecule has 5 aromatic rings. The van der Waals surface area contributed by atoms with Gasteiger partial charge in [0, 0.05) is 0 Å². The van der Waals surface area contributed by atoms with Gasteiger partial charge in [-0.15, -0.1) is 0 Å². The van der Waals surface area contributed by atoms with Gasteiger partial charge in [-0.25, -0.2) is 0 Å². The lowest BCUT2D eigenvalue weighted by molar-refractivity contribution is 0.569. The molecule has 0 atom stereocenters. The van der Waals surface area contributed by atoms with E-state index < -0.39 is 0 Å². The number of benzene rings is 5. The predicted octanol–water partition coefficient (Wildman–Crippen LogP) is 13.5. The molecule has 5 rings (SSSR count). The van der Waals surface area contributed by atoms with Crippen molar-refractivity contribution in [1.29, 1.82) is 0 Å². The fraction of sp³-hybridized carbons (Fsp3) is 0.348. The lowest BCUT2D eigenvalue weighted by atomic mass is 9.79. The minimum absolute atomic E-state index is 0.0187. The highest BCUT2D eigenvalue weighted by Gasteiger charge is 2.23. The van der Waals surface area contributed by atoms with Crippen LogP contribution in [-0.2, 0) is 21.7 Å². The first-order valence-electron chi connectivity index (χ1n) is 16.9. The molecule has 0 saturated heterocycles. The molecule has 0 aromatic heterocycles. The van der Waals surface area contributed by atoms with Crippen LogP contribution in [0.25, 0.3) is 44.5 Å². The maximum atomic E-state index is 2.40. The fourth-order valence-corrected chi connectivity index (χ4v) is 6.12. The first-order chi connectivity index (χ1) is 21.3. The molecule has 0 amide bonds. The van der Waals surface area contributed by atoms with Gasteiger partial charge in [-0.05, 0) is 88.4 Å². The fourth-order valence-electron chi connectivity index (χ4n) is 6.12. The molecule has 0 aliphatic rings. The molecular weight excluding hydrogens is 553 g/mol. The molecule has 0 aliphatic heterocycles. The van der Waals surface area contributed by atoms with E-state index in [2.05, 4.69) is 192 Å². The van der Waals surface area contributed by atoms with Crippen LogP contribution in [0.1, 0.15) is 105 Å². The summed E-state index contributed by atoms with van der Waals surface area (Å²) in [4.78, 5) is 0. The van der Waals surface area contributed by atoms with Gasteiger partial charge < -0.3 is 0 Å². The van der Waals surface area contributed by atoms with Crippen molar-refractivity contribution < 1.29 is 0 Å². The quantitative estimate of drug-likeness (QED) is 0.191. The van der Waals surface area contributed by atoms with E-state index >= 15 is 0 Å². The van der Waals surface area contributed by atoms with Crippen molar-refractivity contribution in [3.05, 3.63) is 131 Å². The van der Waals surface area contributed by atoms with Crippen LogP contribution in [0.3, 0.4) is 0 Å². The second-order valence-electron chi connectivity index (χ2n) is 17.3. The standard InChI is InChI=1S/C46H54/c1-43(2,3)38-15-13-14-36(26-38)41-25-24-35(29-42(41)46(10,11)12)33-20-16-31(17-21-33)32-18-22-34(23-19-32)37-27-39(44(4,5)6)30-40(28-37)45(7,8)9/h13-30H,1-12H3. The molecule has 238 valence electrons. The third-order valence-electron chi connectivity index (χ3n) is 9.30. The van der Waals surface area contributed by atoms with Gasteiger partial charge in [0.05, 0.1) is 0 Å². The summed E-state index contributed by atoms with van der Waals surface area (Å²) in [6, 6.07) is 41.4. The Hall–Kier alpha value is -3.90. The molecule has 0 spiro atoms. The zero-order valence-electron chi connectivity index (χ0n) is 30.4. The molecule has 0 heteroatoms. The summed E-state index contributed by atoms with van der Waals surface area (Å²) < 4.78 is 0. The topological polar surface area (TPSA) is 0 Å². The number of rotatable bonds is 4. The van der Waals surface area contributed by atoms with E-state index in [4.69, 9.17) is 0 Å². The summed E-state index contributed by atoms with van der Waals surface area (Å²) in [6.07, 6.45) is 0. The molecule has 46 heavy (non-hydrogen) atoms. The lowest BCUT2D eigenvalue weighted by Crippen LogP contribution is -2.16. The van der Waals surface area contributed by atoms with E-state index in [1.165, 1.54) is 66.8 Å². The number of hydrogen-bond acceptors (Lipinski definition) is 0. The molecule has 5 aromatic carbocycles. The maximum absolute atomic E-state index is 2.40. The minimum atomic E-state index is 0.0187. The largest absolute Gasteiger partial charge is 0.0614 e. The van der Waals surface area contributed by atoms with Gasteiger partial charge in [0.15, 0.2) is 0 Å². The molecule has 0 heterocycles. The van der Waals surface area contributed by atoms with Crippen molar-refractivity contribution in [3.63, 3.8) is 0 Å². The molecule has 0 aliphatic carbocycles. The van der Waals surface area contributed by atoms with Crippen molar-refractivity contribution in [1.82, 2.24) is 0 Å². The van der Waals surface area contributed by atoms with Crippen LogP contribution in [0.15, 0.2) is 109 Å². The van der Waals surface area contributed by atoms with Crippen molar-refractivity contribution in [3.8, 4) is 44.5 Å². The normalized spacial score (nSPS) is 12.8. The summed E-state index contributed by atoms with van der Waals surface area (Å²) in [5, 5.41) is 0. The zero-order chi connectivity index (χ0) is 33.7. The average molecular weight is 607 g/mol. The minimum Gasteiger partial charge on any atom is -0.0614 e. The Morgan fingerprint density at radius 2 is 0.674 bits per heavy atom. The predicted molar refractivity (Wildman–Crippen MR) is 203 cm³/mol. The van der Waals surface area contributed by atoms with Crippen LogP contribution in [-0.4, -0.2) is 0 Å². The van der Waals surface area contributed by atoms with Crippen molar-refractivity contribution in [2.45, 2.75) is 105 Å². The molecule has 0 nitrogen and oxygen atoms in total. The summed E-state index contributed by atoms with van der Waals surface area (Å²) in [7, 11) is 0. The van der Waals surface area contributed by atoms with E-state index in [0.29, 0.717) is 0 Å². The number of hydrogen-bond donors (Lipinski definition) is 0. The maximum Gasteiger partial charge on any atom is -0.0125 e. The molecule has 0 unspecified atom stereocenters. The van der Waals surface area contributed by atoms with Gasteiger partial charge >= 0.3 is 0 Å². The van der Waals surface area contributed by atoms with Crippen molar-refractivity contribution in [2.75, 3.05) is 0 Å². The van der Waals surface area contributed by atoms with Crippen molar-refractivity contribution in [2.24, 2.45) is 0 Å². The van der Waals surface area contributed by atoms with Gasteiger partial charge in [-0.1, -0.05) is 192 Å². The summed E-state index contributed by atoms with van der Waals surface area (Å²) in [5.74, 6) is 0. The van der Waals surface area contributed by atoms with E-state index in [1.54, 1.807) is 0 Å². The second kappa shape index (κ2) is 12.0. The smallest absolute Gasteiger partial charge is 0.0125 e. The van der Waals surface area contributed by atoms with Crippen LogP contribution >= 0.6 is 0 Å². The molecule has 0 N–H and O–H groups in total. The molecule has 0 radical (unpaired) electrons. The van der Waals surface area contributed by atoms with Gasteiger partial charge in [-0.2, -0.15) is 0 Å². The highest BCUT2D eigenvalue weighted by molar-refractivity contribution is 5.77. The van der Waals surface area contributed by atoms with Crippen molar-refractivity contribution >= 4 is 0 Å². The monoisotopic (exact) mass is 606 g/mol. The summed E-state index contributed by atoms with van der Waals surface area (Å²) >= 11 is 0. The van der Waals surface area contributed by atoms with Crippen LogP contribution in [0.5, 0.6) is 0 Å². The van der Waals surface area contributed by atoms with Crippen LogP contribution < -0.4 is 0 Å². The SMILES string of the molecule is CC(C)(C)c1cccc(-c2ccc(-c3ccc(-c4ccc(-c5cc(C(C)(C)C)cc(C(C)(C)C)c5)cc4)cc3)cc2C(C)(C)C)c1. The highest BCUT2D eigenvalue weighted by Crippen LogP contribution is 2.39. The lowest BCUT2D eigenvalue weighted by Gasteiger charge is -2.26. The average Bonchev–Trinajstić information content (AvgIpc) is 2.99. The highest BCUT2D eigenvalue weighted by atomic mass is 14.3. The van der Waals surface area contributed by atoms with Crippen LogP contribution in [0.4, 0.5) is 0 Å². The molecule has 0 fully saturated rings. The first kappa shape index (κ1) is 33.5. The Kier molecular flexibility index (Phi) is 8.76. The van der Waals surface area contributed by atoms with Gasteiger partial charge in [0.2, 0.25) is 0 Å². The van der Waals surface area contributed by atoms with Crippen LogP contribution in [0.2, 0.25) is 0 Å². The van der Waals surface area contributed by atoms with E-state index in [-0.39, 0.29) is 21.7 Å². The molecular formula is C46H54. The summed E-state index contributed by atoms with van der Waals surface area (Å²) in [5.41, 5.74) is 16.0. The first-order valence-corrected chi connectivity index (χ1v) is 16.9. The Bertz CT molecular complexity index is 1790. The third-order valence-corrected chi connectivity index (χ3v) is 9.30. The van der Waals surface area contributed by atoms with Gasteiger partial charge in [0.25, 0.3) is 0 Å².